The molecule has 0 bridgehead atoms. The van der Waals surface area contributed by atoms with Crippen LogP contribution in [0.3, 0.4) is 0 Å². The van der Waals surface area contributed by atoms with E-state index in [1.807, 2.05) is 0 Å². The van der Waals surface area contributed by atoms with Gasteiger partial charge in [-0.3, -0.25) is 4.79 Å². The molecule has 0 fully saturated rings. The van der Waals surface area contributed by atoms with Gasteiger partial charge in [-0.2, -0.15) is 0 Å². The van der Waals surface area contributed by atoms with E-state index in [4.69, 9.17) is 0 Å². The van der Waals surface area contributed by atoms with E-state index in [-0.39, 0.29) is 57.4 Å². The van der Waals surface area contributed by atoms with Gasteiger partial charge < -0.3 is 4.18 Å². The standard InChI is InChI=1S/C2H4O2S.K.H/c1-2(3)4-5;;/h5H,1H3;;. The van der Waals surface area contributed by atoms with Crippen LogP contribution in [0.25, 0.3) is 0 Å². The summed E-state index contributed by atoms with van der Waals surface area (Å²) in [5.41, 5.74) is 0. The molecule has 0 aromatic heterocycles. The fourth-order valence-electron chi connectivity index (χ4n) is 0. The quantitative estimate of drug-likeness (QED) is 0.279. The van der Waals surface area contributed by atoms with E-state index in [1.165, 1.54) is 6.92 Å². The molecule has 4 heteroatoms. The van der Waals surface area contributed by atoms with E-state index in [9.17, 15) is 4.79 Å². The molecule has 0 rings (SSSR count). The van der Waals surface area contributed by atoms with Crippen LogP contribution in [0, 0.1) is 0 Å². The Balaban J connectivity index is 0. The molecule has 0 saturated carbocycles. The number of rotatable bonds is 0. The monoisotopic (exact) mass is 132 g/mol. The zero-order chi connectivity index (χ0) is 4.28. The van der Waals surface area contributed by atoms with E-state index in [1.54, 1.807) is 0 Å². The van der Waals surface area contributed by atoms with Gasteiger partial charge in [-0.15, -0.1) is 0 Å². The van der Waals surface area contributed by atoms with E-state index < -0.39 is 0 Å². The SMILES string of the molecule is CC(=O)OS.[KH]. The Bertz CT molecular complexity index is 46.8. The zero-order valence-corrected chi connectivity index (χ0v) is 3.66. The molecule has 6 heavy (non-hydrogen) atoms. The molecule has 0 aliphatic rings. The Morgan fingerprint density at radius 1 is 1.83 bits per heavy atom. The van der Waals surface area contributed by atoms with Crippen LogP contribution in [0.4, 0.5) is 0 Å². The summed E-state index contributed by atoms with van der Waals surface area (Å²) in [6.45, 7) is 1.28. The van der Waals surface area contributed by atoms with E-state index >= 15 is 0 Å². The molecule has 0 aromatic carbocycles. The van der Waals surface area contributed by atoms with Crippen LogP contribution >= 0.6 is 12.9 Å². The molecule has 0 aliphatic heterocycles. The third-order valence-electron chi connectivity index (χ3n) is 0.129. The Morgan fingerprint density at radius 3 is 2.00 bits per heavy atom. The van der Waals surface area contributed by atoms with Crippen LogP contribution in [-0.2, 0) is 8.98 Å². The van der Waals surface area contributed by atoms with Crippen molar-refractivity contribution in [3.63, 3.8) is 0 Å². The summed E-state index contributed by atoms with van der Waals surface area (Å²) in [5.74, 6) is -0.381. The van der Waals surface area contributed by atoms with Gasteiger partial charge in [0.05, 0.1) is 0 Å². The average molecular weight is 132 g/mol. The Labute approximate surface area is 84.7 Å². The number of carbonyl (C=O) groups is 1. The molecule has 0 atom stereocenters. The average Bonchev–Trinajstić information content (AvgIpc) is 1.38. The molecule has 32 valence electrons. The van der Waals surface area contributed by atoms with Gasteiger partial charge in [0, 0.05) is 19.8 Å². The van der Waals surface area contributed by atoms with Gasteiger partial charge in [-0.05, 0) is 0 Å². The van der Waals surface area contributed by atoms with Gasteiger partial charge >= 0.3 is 57.4 Å². The minimum absolute atomic E-state index is 0. The van der Waals surface area contributed by atoms with Gasteiger partial charge in [0.2, 0.25) is 0 Å². The van der Waals surface area contributed by atoms with Crippen LogP contribution in [0.5, 0.6) is 0 Å². The van der Waals surface area contributed by atoms with Crippen molar-refractivity contribution in [2.75, 3.05) is 0 Å². The molecular weight excluding hydrogens is 127 g/mol. The maximum atomic E-state index is 9.51. The topological polar surface area (TPSA) is 26.3 Å². The number of hydrogen-bond donors (Lipinski definition) is 1. The molecule has 0 heterocycles. The molecule has 0 spiro atoms. The second kappa shape index (κ2) is 6.46. The number of hydrogen-bond acceptors (Lipinski definition) is 3. The van der Waals surface area contributed by atoms with E-state index in [0.29, 0.717) is 0 Å². The molecule has 0 aromatic rings. The second-order valence-electron chi connectivity index (χ2n) is 0.583. The van der Waals surface area contributed by atoms with Crippen LogP contribution in [0.2, 0.25) is 0 Å². The second-order valence-corrected chi connectivity index (χ2v) is 0.765. The normalized spacial score (nSPS) is 5.67. The first kappa shape index (κ1) is 10.4. The van der Waals surface area contributed by atoms with Crippen LogP contribution < -0.4 is 0 Å². The first-order valence-electron chi connectivity index (χ1n) is 1.09. The summed E-state index contributed by atoms with van der Waals surface area (Å²) in [6, 6.07) is 0. The summed E-state index contributed by atoms with van der Waals surface area (Å²) >= 11 is 3.17. The zero-order valence-electron chi connectivity index (χ0n) is 2.76. The van der Waals surface area contributed by atoms with Crippen molar-refractivity contribution >= 4 is 70.3 Å². The molecule has 0 unspecified atom stereocenters. The van der Waals surface area contributed by atoms with Crippen molar-refractivity contribution in [1.29, 1.82) is 0 Å². The third kappa shape index (κ3) is 9.07. The van der Waals surface area contributed by atoms with Crippen molar-refractivity contribution in [3.8, 4) is 0 Å². The fraction of sp³-hybridized carbons (Fsp3) is 0.500. The van der Waals surface area contributed by atoms with Crippen molar-refractivity contribution < 1.29 is 8.98 Å². The Hall–Kier alpha value is 1.46. The summed E-state index contributed by atoms with van der Waals surface area (Å²) in [7, 11) is 0. The van der Waals surface area contributed by atoms with Gasteiger partial charge in [0.25, 0.3) is 0 Å². The molecule has 0 saturated heterocycles. The van der Waals surface area contributed by atoms with Crippen molar-refractivity contribution in [1.82, 2.24) is 0 Å². The first-order valence-corrected chi connectivity index (χ1v) is 1.46. The van der Waals surface area contributed by atoms with Crippen LogP contribution in [0.15, 0.2) is 0 Å². The van der Waals surface area contributed by atoms with E-state index in [0.717, 1.165) is 0 Å². The summed E-state index contributed by atoms with van der Waals surface area (Å²) < 4.78 is 3.81. The molecule has 0 N–H and O–H groups in total. The van der Waals surface area contributed by atoms with Crippen LogP contribution in [-0.4, -0.2) is 57.4 Å². The summed E-state index contributed by atoms with van der Waals surface area (Å²) in [4.78, 5) is 9.51. The maximum absolute atomic E-state index is 9.51. The molecule has 0 aliphatic carbocycles. The molecule has 0 radical (unpaired) electrons. The van der Waals surface area contributed by atoms with Gasteiger partial charge in [0.15, 0.2) is 0 Å². The van der Waals surface area contributed by atoms with E-state index in [2.05, 4.69) is 17.1 Å². The number of thiol groups is 1. The number of carbonyl (C=O) groups excluding carboxylic acids is 1. The van der Waals surface area contributed by atoms with Gasteiger partial charge in [-0.1, -0.05) is 0 Å². The Kier molecular flexibility index (Phi) is 11.2. The molecule has 2 nitrogen and oxygen atoms in total. The minimum atomic E-state index is -0.381. The summed E-state index contributed by atoms with van der Waals surface area (Å²) in [6.07, 6.45) is 0. The first-order chi connectivity index (χ1) is 2.27. The predicted octanol–water partition coefficient (Wildman–Crippen LogP) is -0.254. The molecular formula is C2H5KO2S. The van der Waals surface area contributed by atoms with Gasteiger partial charge in [0.1, 0.15) is 0 Å². The van der Waals surface area contributed by atoms with Crippen molar-refractivity contribution in [2.45, 2.75) is 6.92 Å². The molecule has 0 amide bonds. The van der Waals surface area contributed by atoms with Crippen molar-refractivity contribution in [3.05, 3.63) is 0 Å². The summed E-state index contributed by atoms with van der Waals surface area (Å²) in [5, 5.41) is 0. The van der Waals surface area contributed by atoms with Crippen LogP contribution in [0.1, 0.15) is 6.92 Å². The van der Waals surface area contributed by atoms with Gasteiger partial charge in [-0.25, -0.2) is 0 Å². The van der Waals surface area contributed by atoms with Crippen molar-refractivity contribution in [2.24, 2.45) is 0 Å². The predicted molar refractivity (Wildman–Crippen MR) is 27.9 cm³/mol. The fourth-order valence-corrected chi connectivity index (χ4v) is 0. The Morgan fingerprint density at radius 2 is 2.00 bits per heavy atom. The third-order valence-corrected chi connectivity index (χ3v) is 0.386.